The van der Waals surface area contributed by atoms with E-state index in [1.807, 2.05) is 60.7 Å². The third-order valence-corrected chi connectivity index (χ3v) is 4.61. The van der Waals surface area contributed by atoms with Crippen LogP contribution in [0.15, 0.2) is 77.9 Å². The maximum Gasteiger partial charge on any atom is 0.342 e. The molecule has 0 aliphatic carbocycles. The molecular formula is C22H15N3O3. The highest BCUT2D eigenvalue weighted by atomic mass is 16.4. The van der Waals surface area contributed by atoms with E-state index in [2.05, 4.69) is 6.07 Å². The van der Waals surface area contributed by atoms with Crippen molar-refractivity contribution in [2.45, 2.75) is 6.54 Å². The van der Waals surface area contributed by atoms with Crippen LogP contribution in [0, 0.1) is 11.3 Å². The lowest BCUT2D eigenvalue weighted by atomic mass is 10.1. The number of benzene rings is 2. The summed E-state index contributed by atoms with van der Waals surface area (Å²) in [5.41, 5.74) is 2.00. The van der Waals surface area contributed by atoms with Crippen LogP contribution in [0.5, 0.6) is 0 Å². The Morgan fingerprint density at radius 3 is 2.25 bits per heavy atom. The molecule has 0 saturated carbocycles. The van der Waals surface area contributed by atoms with Gasteiger partial charge in [-0.25, -0.2) is 4.79 Å². The van der Waals surface area contributed by atoms with Gasteiger partial charge in [0.05, 0.1) is 0 Å². The van der Waals surface area contributed by atoms with Crippen molar-refractivity contribution < 1.29 is 9.90 Å². The van der Waals surface area contributed by atoms with Gasteiger partial charge in [-0.15, -0.1) is 0 Å². The molecule has 0 atom stereocenters. The maximum absolute atomic E-state index is 12.7. The Morgan fingerprint density at radius 2 is 1.64 bits per heavy atom. The monoisotopic (exact) mass is 369 g/mol. The molecule has 6 heteroatoms. The zero-order chi connectivity index (χ0) is 19.7. The summed E-state index contributed by atoms with van der Waals surface area (Å²) in [6, 6.07) is 20.9. The fourth-order valence-corrected chi connectivity index (χ4v) is 3.33. The lowest BCUT2D eigenvalue weighted by molar-refractivity contribution is 0.0693. The second-order valence-corrected chi connectivity index (χ2v) is 6.36. The largest absolute Gasteiger partial charge is 0.477 e. The quantitative estimate of drug-likeness (QED) is 0.597. The fourth-order valence-electron chi connectivity index (χ4n) is 3.33. The molecule has 6 nitrogen and oxygen atoms in total. The molecule has 0 spiro atoms. The third kappa shape index (κ3) is 2.85. The molecule has 2 aromatic carbocycles. The minimum absolute atomic E-state index is 0.330. The number of hydrogen-bond acceptors (Lipinski definition) is 3. The average molecular weight is 369 g/mol. The van der Waals surface area contributed by atoms with E-state index in [1.54, 1.807) is 10.8 Å². The van der Waals surface area contributed by atoms with Crippen molar-refractivity contribution in [1.29, 1.82) is 5.26 Å². The second-order valence-electron chi connectivity index (χ2n) is 6.36. The Kier molecular flexibility index (Phi) is 4.26. The fraction of sp³-hybridized carbons (Fsp3) is 0.0455. The van der Waals surface area contributed by atoms with Gasteiger partial charge in [-0.05, 0) is 11.1 Å². The molecule has 4 aromatic rings. The molecule has 0 unspecified atom stereocenters. The van der Waals surface area contributed by atoms with Crippen LogP contribution < -0.4 is 5.56 Å². The topological polar surface area (TPSA) is 87.5 Å². The Bertz CT molecular complexity index is 1280. The molecule has 0 aliphatic rings. The van der Waals surface area contributed by atoms with Crippen molar-refractivity contribution >= 4 is 11.6 Å². The zero-order valence-corrected chi connectivity index (χ0v) is 14.7. The van der Waals surface area contributed by atoms with E-state index in [-0.39, 0.29) is 5.56 Å². The minimum Gasteiger partial charge on any atom is -0.477 e. The molecule has 136 valence electrons. The first kappa shape index (κ1) is 17.3. The molecule has 2 aromatic heterocycles. The first-order chi connectivity index (χ1) is 13.6. The van der Waals surface area contributed by atoms with E-state index < -0.39 is 11.5 Å². The predicted molar refractivity (Wildman–Crippen MR) is 104 cm³/mol. The lowest BCUT2D eigenvalue weighted by Crippen LogP contribution is -2.25. The lowest BCUT2D eigenvalue weighted by Gasteiger charge is -2.11. The molecule has 1 N–H and O–H groups in total. The van der Waals surface area contributed by atoms with Crippen molar-refractivity contribution in [3.8, 4) is 17.2 Å². The van der Waals surface area contributed by atoms with Crippen molar-refractivity contribution in [2.75, 3.05) is 0 Å². The van der Waals surface area contributed by atoms with Crippen LogP contribution in [-0.2, 0) is 6.54 Å². The van der Waals surface area contributed by atoms with Gasteiger partial charge in [0.1, 0.15) is 22.8 Å². The Labute approximate surface area is 160 Å². The van der Waals surface area contributed by atoms with Gasteiger partial charge in [-0.1, -0.05) is 60.7 Å². The Balaban J connectivity index is 2.06. The van der Waals surface area contributed by atoms with Crippen LogP contribution in [0.3, 0.4) is 0 Å². The maximum atomic E-state index is 12.7. The minimum atomic E-state index is -1.30. The molecule has 0 aliphatic heterocycles. The molecule has 28 heavy (non-hydrogen) atoms. The van der Waals surface area contributed by atoms with Crippen LogP contribution >= 0.6 is 0 Å². The van der Waals surface area contributed by atoms with Crippen LogP contribution in [0.2, 0.25) is 0 Å². The Hall–Kier alpha value is -4.11. The normalized spacial score (nSPS) is 10.7. The number of nitriles is 1. The summed E-state index contributed by atoms with van der Waals surface area (Å²) >= 11 is 0. The van der Waals surface area contributed by atoms with E-state index in [1.165, 1.54) is 10.6 Å². The molecule has 0 saturated heterocycles. The van der Waals surface area contributed by atoms with Crippen LogP contribution in [0.1, 0.15) is 21.5 Å². The van der Waals surface area contributed by atoms with Gasteiger partial charge in [0.2, 0.25) is 0 Å². The Morgan fingerprint density at radius 1 is 1.00 bits per heavy atom. The second kappa shape index (κ2) is 6.89. The third-order valence-electron chi connectivity index (χ3n) is 4.61. The van der Waals surface area contributed by atoms with Crippen molar-refractivity contribution in [3.63, 3.8) is 0 Å². The standard InChI is InChI=1S/C22H15N3O3/c23-11-17-18(16-9-5-2-6-10-16)14-25-20(17)24(12-15-7-3-1-4-8-15)13-19(21(25)26)22(27)28/h1-10,13-14H,12H2,(H,27,28). The van der Waals surface area contributed by atoms with Crippen LogP contribution in [0.25, 0.3) is 16.8 Å². The summed E-state index contributed by atoms with van der Waals surface area (Å²) in [6.07, 6.45) is 2.85. The number of carbonyl (C=O) groups is 1. The smallest absolute Gasteiger partial charge is 0.342 e. The van der Waals surface area contributed by atoms with Gasteiger partial charge in [-0.2, -0.15) is 5.26 Å². The highest BCUT2D eigenvalue weighted by Gasteiger charge is 2.21. The molecule has 4 rings (SSSR count). The van der Waals surface area contributed by atoms with Crippen molar-refractivity contribution in [3.05, 3.63) is 100 Å². The van der Waals surface area contributed by atoms with Crippen LogP contribution in [0.4, 0.5) is 0 Å². The molecule has 0 amide bonds. The summed E-state index contributed by atoms with van der Waals surface area (Å²) < 4.78 is 2.90. The van der Waals surface area contributed by atoms with E-state index >= 15 is 0 Å². The van der Waals surface area contributed by atoms with Crippen molar-refractivity contribution in [2.24, 2.45) is 0 Å². The van der Waals surface area contributed by atoms with Crippen LogP contribution in [-0.4, -0.2) is 20.0 Å². The summed E-state index contributed by atoms with van der Waals surface area (Å²) in [5.74, 6) is -1.30. The number of nitrogens with zero attached hydrogens (tertiary/aromatic N) is 3. The van der Waals surface area contributed by atoms with Gasteiger partial charge in [0, 0.05) is 24.5 Å². The van der Waals surface area contributed by atoms with E-state index in [0.717, 1.165) is 11.1 Å². The van der Waals surface area contributed by atoms with E-state index in [4.69, 9.17) is 0 Å². The number of carboxylic acid groups (broad SMARTS) is 1. The van der Waals surface area contributed by atoms with Gasteiger partial charge in [-0.3, -0.25) is 9.20 Å². The van der Waals surface area contributed by atoms with Gasteiger partial charge in [0.25, 0.3) is 5.56 Å². The number of rotatable bonds is 4. The van der Waals surface area contributed by atoms with Crippen molar-refractivity contribution in [1.82, 2.24) is 8.97 Å². The molecule has 0 bridgehead atoms. The summed E-state index contributed by atoms with van der Waals surface area (Å²) in [6.45, 7) is 0.331. The first-order valence-electron chi connectivity index (χ1n) is 8.61. The number of aromatic nitrogens is 2. The van der Waals surface area contributed by atoms with Gasteiger partial charge < -0.3 is 9.67 Å². The first-order valence-corrected chi connectivity index (χ1v) is 8.61. The summed E-state index contributed by atoms with van der Waals surface area (Å²) in [7, 11) is 0. The average Bonchev–Trinajstić information content (AvgIpc) is 3.12. The highest BCUT2D eigenvalue weighted by Crippen LogP contribution is 2.28. The molecule has 0 fully saturated rings. The van der Waals surface area contributed by atoms with Gasteiger partial charge in [0.15, 0.2) is 0 Å². The number of aromatic carboxylic acids is 1. The van der Waals surface area contributed by atoms with Gasteiger partial charge >= 0.3 is 5.97 Å². The summed E-state index contributed by atoms with van der Waals surface area (Å²) in [5, 5.41) is 19.3. The number of hydrogen-bond donors (Lipinski definition) is 1. The highest BCUT2D eigenvalue weighted by molar-refractivity contribution is 5.88. The predicted octanol–water partition coefficient (Wildman–Crippen LogP) is 3.39. The zero-order valence-electron chi connectivity index (χ0n) is 14.7. The number of carboxylic acids is 1. The van der Waals surface area contributed by atoms with E-state index in [0.29, 0.717) is 23.3 Å². The number of fused-ring (bicyclic) bond motifs is 1. The SMILES string of the molecule is N#Cc1c(-c2ccccc2)cn2c(=O)c(C(=O)O)cn(Cc3ccccc3)c12. The van der Waals surface area contributed by atoms with E-state index in [9.17, 15) is 20.0 Å². The summed E-state index contributed by atoms with van der Waals surface area (Å²) in [4.78, 5) is 24.4. The molecular weight excluding hydrogens is 354 g/mol. The molecule has 2 heterocycles. The molecule has 0 radical (unpaired) electrons.